The molecule has 0 aliphatic carbocycles. The second-order valence-corrected chi connectivity index (χ2v) is 5.88. The van der Waals surface area contributed by atoms with Crippen molar-refractivity contribution >= 4 is 17.3 Å². The highest BCUT2D eigenvalue weighted by atomic mass is 19.1. The van der Waals surface area contributed by atoms with Gasteiger partial charge in [0.2, 0.25) is 0 Å². The third kappa shape index (κ3) is 4.89. The number of nitrogens with zero attached hydrogens (tertiary/aromatic N) is 2. The van der Waals surface area contributed by atoms with Gasteiger partial charge in [0.25, 0.3) is 5.91 Å². The number of anilines is 2. The van der Waals surface area contributed by atoms with E-state index in [1.165, 1.54) is 18.3 Å². The summed E-state index contributed by atoms with van der Waals surface area (Å²) in [5.41, 5.74) is 3.12. The molecule has 1 amide bonds. The summed E-state index contributed by atoms with van der Waals surface area (Å²) in [6, 6.07) is 17.1. The van der Waals surface area contributed by atoms with Crippen molar-refractivity contribution in [2.24, 2.45) is 0 Å². The topological polar surface area (TPSA) is 77.8 Å². The lowest BCUT2D eigenvalue weighted by Gasteiger charge is -2.10. The van der Waals surface area contributed by atoms with Crippen molar-refractivity contribution in [1.82, 2.24) is 10.3 Å². The number of hydrogen-bond donors (Lipinski definition) is 2. The Morgan fingerprint density at radius 1 is 1.11 bits per heavy atom. The van der Waals surface area contributed by atoms with Gasteiger partial charge in [-0.1, -0.05) is 24.3 Å². The van der Waals surface area contributed by atoms with Crippen molar-refractivity contribution < 1.29 is 9.18 Å². The molecule has 2 aromatic carbocycles. The quantitative estimate of drug-likeness (QED) is 0.701. The normalized spacial score (nSPS) is 10.1. The number of rotatable bonds is 6. The molecule has 0 radical (unpaired) electrons. The van der Waals surface area contributed by atoms with Crippen LogP contribution in [0, 0.1) is 17.1 Å². The van der Waals surface area contributed by atoms with Gasteiger partial charge < -0.3 is 10.6 Å². The number of carbonyl (C=O) groups excluding carboxylic acids is 1. The van der Waals surface area contributed by atoms with E-state index in [0.29, 0.717) is 35.5 Å². The van der Waals surface area contributed by atoms with Crippen molar-refractivity contribution in [3.63, 3.8) is 0 Å². The van der Waals surface area contributed by atoms with E-state index in [4.69, 9.17) is 5.26 Å². The van der Waals surface area contributed by atoms with Crippen molar-refractivity contribution in [3.05, 3.63) is 89.5 Å². The first kappa shape index (κ1) is 18.1. The van der Waals surface area contributed by atoms with E-state index < -0.39 is 0 Å². The molecule has 0 unspecified atom stereocenters. The largest absolute Gasteiger partial charge is 0.353 e. The zero-order valence-corrected chi connectivity index (χ0v) is 14.4. The van der Waals surface area contributed by atoms with E-state index in [9.17, 15) is 9.18 Å². The zero-order chi connectivity index (χ0) is 19.1. The van der Waals surface area contributed by atoms with Gasteiger partial charge in [-0.15, -0.1) is 0 Å². The molecule has 1 aromatic heterocycles. The maximum absolute atomic E-state index is 12.9. The van der Waals surface area contributed by atoms with Gasteiger partial charge in [0.1, 0.15) is 11.9 Å². The van der Waals surface area contributed by atoms with Crippen LogP contribution in [-0.2, 0) is 6.42 Å². The molecule has 0 bridgehead atoms. The van der Waals surface area contributed by atoms with E-state index in [1.54, 1.807) is 42.6 Å². The number of pyridine rings is 1. The van der Waals surface area contributed by atoms with Gasteiger partial charge in [0.15, 0.2) is 0 Å². The van der Waals surface area contributed by atoms with Crippen LogP contribution in [0.5, 0.6) is 0 Å². The predicted octanol–water partition coefficient (Wildman–Crippen LogP) is 3.81. The first-order valence-electron chi connectivity index (χ1n) is 8.39. The Balaban J connectivity index is 1.61. The molecule has 6 heteroatoms. The maximum atomic E-state index is 12.9. The third-order valence-electron chi connectivity index (χ3n) is 3.94. The summed E-state index contributed by atoms with van der Waals surface area (Å²) < 4.78 is 12.9. The molecular formula is C21H17FN4O. The lowest BCUT2D eigenvalue weighted by Crippen LogP contribution is -2.25. The minimum absolute atomic E-state index is 0.248. The molecule has 0 saturated carbocycles. The lowest BCUT2D eigenvalue weighted by molar-refractivity contribution is 0.0954. The van der Waals surface area contributed by atoms with Crippen molar-refractivity contribution in [3.8, 4) is 6.07 Å². The van der Waals surface area contributed by atoms with E-state index in [0.717, 1.165) is 5.56 Å². The van der Waals surface area contributed by atoms with Crippen LogP contribution in [0.1, 0.15) is 21.5 Å². The van der Waals surface area contributed by atoms with Crippen molar-refractivity contribution in [1.29, 1.82) is 5.26 Å². The third-order valence-corrected chi connectivity index (χ3v) is 3.94. The maximum Gasteiger partial charge on any atom is 0.252 e. The number of halogens is 1. The SMILES string of the molecule is N#Cc1ccccc1Nc1cncc(C(=O)NCCc2ccc(F)cc2)c1. The zero-order valence-electron chi connectivity index (χ0n) is 14.4. The molecule has 0 saturated heterocycles. The molecule has 3 rings (SSSR count). The highest BCUT2D eigenvalue weighted by Crippen LogP contribution is 2.20. The highest BCUT2D eigenvalue weighted by molar-refractivity contribution is 5.94. The molecule has 0 aliphatic rings. The van der Waals surface area contributed by atoms with Crippen LogP contribution in [-0.4, -0.2) is 17.4 Å². The lowest BCUT2D eigenvalue weighted by atomic mass is 10.1. The summed E-state index contributed by atoms with van der Waals surface area (Å²) in [5.74, 6) is -0.530. The minimum Gasteiger partial charge on any atom is -0.353 e. The van der Waals surface area contributed by atoms with Crippen molar-refractivity contribution in [2.75, 3.05) is 11.9 Å². The van der Waals surface area contributed by atoms with Crippen LogP contribution >= 0.6 is 0 Å². The Bertz CT molecular complexity index is 980. The smallest absolute Gasteiger partial charge is 0.252 e. The molecule has 0 spiro atoms. The van der Waals surface area contributed by atoms with Gasteiger partial charge in [-0.3, -0.25) is 9.78 Å². The fraction of sp³-hybridized carbons (Fsp3) is 0.0952. The minimum atomic E-state index is -0.281. The van der Waals surface area contributed by atoms with E-state index in [2.05, 4.69) is 21.7 Å². The van der Waals surface area contributed by atoms with Crippen molar-refractivity contribution in [2.45, 2.75) is 6.42 Å². The molecule has 134 valence electrons. The summed E-state index contributed by atoms with van der Waals surface area (Å²) in [6.45, 7) is 0.430. The number of amides is 1. The molecule has 0 aliphatic heterocycles. The van der Waals surface area contributed by atoms with Crippen LogP contribution in [0.3, 0.4) is 0 Å². The predicted molar refractivity (Wildman–Crippen MR) is 101 cm³/mol. The fourth-order valence-electron chi connectivity index (χ4n) is 2.55. The molecule has 1 heterocycles. The van der Waals surface area contributed by atoms with E-state index in [-0.39, 0.29) is 11.7 Å². The second kappa shape index (κ2) is 8.59. The van der Waals surface area contributed by atoms with Gasteiger partial charge in [-0.2, -0.15) is 5.26 Å². The highest BCUT2D eigenvalue weighted by Gasteiger charge is 2.08. The van der Waals surface area contributed by atoms with Gasteiger partial charge >= 0.3 is 0 Å². The Morgan fingerprint density at radius 2 is 1.89 bits per heavy atom. The van der Waals surface area contributed by atoms with Crippen LogP contribution in [0.4, 0.5) is 15.8 Å². The molecule has 3 aromatic rings. The van der Waals surface area contributed by atoms with E-state index >= 15 is 0 Å². The van der Waals surface area contributed by atoms with Crippen LogP contribution < -0.4 is 10.6 Å². The Labute approximate surface area is 156 Å². The molecule has 0 fully saturated rings. The molecule has 27 heavy (non-hydrogen) atoms. The van der Waals surface area contributed by atoms with Crippen LogP contribution in [0.25, 0.3) is 0 Å². The van der Waals surface area contributed by atoms with Crippen LogP contribution in [0.2, 0.25) is 0 Å². The summed E-state index contributed by atoms with van der Waals surface area (Å²) in [7, 11) is 0. The average molecular weight is 360 g/mol. The number of nitrogens with one attached hydrogen (secondary N) is 2. The number of nitriles is 1. The van der Waals surface area contributed by atoms with Crippen LogP contribution in [0.15, 0.2) is 67.0 Å². The average Bonchev–Trinajstić information content (AvgIpc) is 2.70. The Hall–Kier alpha value is -3.72. The Kier molecular flexibility index (Phi) is 5.75. The standard InChI is InChI=1S/C21H17FN4O/c22-18-7-5-15(6-8-18)9-10-25-21(27)17-11-19(14-24-13-17)26-20-4-2-1-3-16(20)12-23/h1-8,11,13-14,26H,9-10H2,(H,25,27). The first-order chi connectivity index (χ1) is 13.2. The number of carbonyl (C=O) groups is 1. The monoisotopic (exact) mass is 360 g/mol. The number of para-hydroxylation sites is 1. The number of benzene rings is 2. The van der Waals surface area contributed by atoms with Gasteiger partial charge in [-0.25, -0.2) is 4.39 Å². The fourth-order valence-corrected chi connectivity index (χ4v) is 2.55. The summed E-state index contributed by atoms with van der Waals surface area (Å²) in [5, 5.41) is 15.1. The molecule has 5 nitrogen and oxygen atoms in total. The number of aromatic nitrogens is 1. The summed E-state index contributed by atoms with van der Waals surface area (Å²) in [4.78, 5) is 16.4. The summed E-state index contributed by atoms with van der Waals surface area (Å²) in [6.07, 6.45) is 3.67. The summed E-state index contributed by atoms with van der Waals surface area (Å²) >= 11 is 0. The van der Waals surface area contributed by atoms with Gasteiger partial charge in [-0.05, 0) is 42.3 Å². The molecule has 2 N–H and O–H groups in total. The first-order valence-corrected chi connectivity index (χ1v) is 8.39. The number of hydrogen-bond acceptors (Lipinski definition) is 4. The van der Waals surface area contributed by atoms with E-state index in [1.807, 2.05) is 6.07 Å². The van der Waals surface area contributed by atoms with Gasteiger partial charge in [0.05, 0.1) is 28.7 Å². The van der Waals surface area contributed by atoms with Gasteiger partial charge in [0, 0.05) is 12.7 Å². The second-order valence-electron chi connectivity index (χ2n) is 5.88. The Morgan fingerprint density at radius 3 is 2.67 bits per heavy atom. The molecule has 0 atom stereocenters. The molecular weight excluding hydrogens is 343 g/mol.